The van der Waals surface area contributed by atoms with Crippen molar-refractivity contribution in [3.05, 3.63) is 0 Å². The zero-order valence-electron chi connectivity index (χ0n) is 18.9. The highest BCUT2D eigenvalue weighted by Crippen LogP contribution is 2.63. The number of hydrogen-bond acceptors (Lipinski definition) is 0. The minimum atomic E-state index is 0.922. The molecule has 0 aromatic rings. The van der Waals surface area contributed by atoms with Gasteiger partial charge < -0.3 is 0 Å². The normalized spacial score (nSPS) is 62.8. The highest BCUT2D eigenvalue weighted by molar-refractivity contribution is 5.06. The number of rotatable bonds is 1. The molecule has 4 saturated carbocycles. The number of hydrogen-bond donors (Lipinski definition) is 0. The van der Waals surface area contributed by atoms with E-state index in [2.05, 4.69) is 55.4 Å². The molecular weight excluding hydrogens is 312 g/mol. The highest BCUT2D eigenvalue weighted by Gasteiger charge is 2.57. The van der Waals surface area contributed by atoms with Gasteiger partial charge in [0.2, 0.25) is 0 Å². The Balaban J connectivity index is 1.71. The van der Waals surface area contributed by atoms with Gasteiger partial charge in [0, 0.05) is 0 Å². The van der Waals surface area contributed by atoms with Crippen molar-refractivity contribution in [2.24, 2.45) is 82.9 Å². The predicted octanol–water partition coefficient (Wildman–Crippen LogP) is 7.39. The molecule has 4 aliphatic rings. The van der Waals surface area contributed by atoms with E-state index in [0.717, 1.165) is 82.9 Å². The third kappa shape index (κ3) is 2.75. The van der Waals surface area contributed by atoms with Crippen LogP contribution in [0.2, 0.25) is 0 Å². The summed E-state index contributed by atoms with van der Waals surface area (Å²) in [5.74, 6) is 13.7. The van der Waals surface area contributed by atoms with E-state index < -0.39 is 0 Å². The quantitative estimate of drug-likeness (QED) is 0.458. The lowest BCUT2D eigenvalue weighted by molar-refractivity contribution is -0.0916. The molecule has 14 atom stereocenters. The summed E-state index contributed by atoms with van der Waals surface area (Å²) in [5.41, 5.74) is 0. The summed E-state index contributed by atoms with van der Waals surface area (Å²) in [5, 5.41) is 0. The largest absolute Gasteiger partial charge is 0.0625 e. The maximum Gasteiger partial charge on any atom is -0.0321 e. The molecule has 150 valence electrons. The van der Waals surface area contributed by atoms with Gasteiger partial charge in [-0.05, 0) is 109 Å². The summed E-state index contributed by atoms with van der Waals surface area (Å²) in [6.45, 7) is 20.8. The SMILES string of the molecule is CC1CC2C(C)C(C)C(C)C(C3C(C)C(C)C(C)C4CC(C)CC43)C2C1. The van der Waals surface area contributed by atoms with E-state index in [1.165, 1.54) is 25.7 Å². The van der Waals surface area contributed by atoms with Gasteiger partial charge in [-0.25, -0.2) is 0 Å². The van der Waals surface area contributed by atoms with E-state index >= 15 is 0 Å². The van der Waals surface area contributed by atoms with Crippen LogP contribution in [0.25, 0.3) is 0 Å². The topological polar surface area (TPSA) is 0 Å². The number of fused-ring (bicyclic) bond motifs is 2. The first-order valence-corrected chi connectivity index (χ1v) is 12.2. The minimum Gasteiger partial charge on any atom is -0.0625 e. The first-order valence-electron chi connectivity index (χ1n) is 12.2. The Bertz CT molecular complexity index is 462. The molecule has 4 aliphatic carbocycles. The molecule has 0 aromatic heterocycles. The summed E-state index contributed by atoms with van der Waals surface area (Å²) >= 11 is 0. The van der Waals surface area contributed by atoms with E-state index in [9.17, 15) is 0 Å². The van der Waals surface area contributed by atoms with E-state index in [1.54, 1.807) is 0 Å². The van der Waals surface area contributed by atoms with E-state index in [1.807, 2.05) is 0 Å². The summed E-state index contributed by atoms with van der Waals surface area (Å²) in [6, 6.07) is 0. The molecule has 0 spiro atoms. The van der Waals surface area contributed by atoms with Crippen LogP contribution in [0, 0.1) is 82.9 Å². The molecule has 0 nitrogen and oxygen atoms in total. The molecule has 0 N–H and O–H groups in total. The van der Waals surface area contributed by atoms with Crippen LogP contribution in [0.15, 0.2) is 0 Å². The standard InChI is InChI=1S/C26H46/c1-13-9-21-17(5)15(3)19(7)25(23(21)11-13)26-20(8)16(4)18(6)22-10-14(2)12-24(22)26/h13-26H,9-12H2,1-8H3. The molecule has 14 unspecified atom stereocenters. The second-order valence-electron chi connectivity index (χ2n) is 12.1. The molecule has 0 saturated heterocycles. The lowest BCUT2D eigenvalue weighted by Crippen LogP contribution is -2.52. The van der Waals surface area contributed by atoms with Crippen molar-refractivity contribution in [3.8, 4) is 0 Å². The van der Waals surface area contributed by atoms with Crippen molar-refractivity contribution >= 4 is 0 Å². The van der Waals surface area contributed by atoms with Crippen LogP contribution in [0.1, 0.15) is 81.1 Å². The Morgan fingerprint density at radius 3 is 1.00 bits per heavy atom. The molecule has 0 heterocycles. The Labute approximate surface area is 164 Å². The van der Waals surface area contributed by atoms with Gasteiger partial charge in [0.25, 0.3) is 0 Å². The van der Waals surface area contributed by atoms with Gasteiger partial charge in [-0.2, -0.15) is 0 Å². The average molecular weight is 359 g/mol. The minimum absolute atomic E-state index is 0.922. The Morgan fingerprint density at radius 2 is 0.654 bits per heavy atom. The molecular formula is C26H46. The highest BCUT2D eigenvalue weighted by atomic mass is 14.6. The Kier molecular flexibility index (Phi) is 5.06. The van der Waals surface area contributed by atoms with E-state index in [0.29, 0.717) is 0 Å². The maximum atomic E-state index is 2.66. The van der Waals surface area contributed by atoms with Gasteiger partial charge in [-0.1, -0.05) is 55.4 Å². The molecule has 0 amide bonds. The lowest BCUT2D eigenvalue weighted by Gasteiger charge is -2.57. The van der Waals surface area contributed by atoms with Gasteiger partial charge >= 0.3 is 0 Å². The molecule has 26 heavy (non-hydrogen) atoms. The average Bonchev–Trinajstić information content (AvgIpc) is 3.16. The van der Waals surface area contributed by atoms with Crippen molar-refractivity contribution in [1.82, 2.24) is 0 Å². The van der Waals surface area contributed by atoms with Crippen molar-refractivity contribution < 1.29 is 0 Å². The van der Waals surface area contributed by atoms with Gasteiger partial charge in [0.1, 0.15) is 0 Å². The summed E-state index contributed by atoms with van der Waals surface area (Å²) in [4.78, 5) is 0. The smallest absolute Gasteiger partial charge is 0.0321 e. The van der Waals surface area contributed by atoms with Crippen LogP contribution < -0.4 is 0 Å². The van der Waals surface area contributed by atoms with Crippen LogP contribution >= 0.6 is 0 Å². The molecule has 0 aromatic carbocycles. The fourth-order valence-corrected chi connectivity index (χ4v) is 9.33. The third-order valence-electron chi connectivity index (χ3n) is 11.1. The van der Waals surface area contributed by atoms with Crippen LogP contribution in [0.5, 0.6) is 0 Å². The molecule has 0 bridgehead atoms. The Hall–Kier alpha value is 0. The van der Waals surface area contributed by atoms with Crippen LogP contribution in [-0.2, 0) is 0 Å². The van der Waals surface area contributed by atoms with Crippen LogP contribution in [0.4, 0.5) is 0 Å². The van der Waals surface area contributed by atoms with Crippen molar-refractivity contribution in [1.29, 1.82) is 0 Å². The van der Waals surface area contributed by atoms with Gasteiger partial charge in [-0.3, -0.25) is 0 Å². The molecule has 0 aliphatic heterocycles. The third-order valence-corrected chi connectivity index (χ3v) is 11.1. The Morgan fingerprint density at radius 1 is 0.346 bits per heavy atom. The lowest BCUT2D eigenvalue weighted by atomic mass is 9.48. The fourth-order valence-electron chi connectivity index (χ4n) is 9.33. The first kappa shape index (κ1) is 19.3. The predicted molar refractivity (Wildman–Crippen MR) is 113 cm³/mol. The summed E-state index contributed by atoms with van der Waals surface area (Å²) < 4.78 is 0. The summed E-state index contributed by atoms with van der Waals surface area (Å²) in [6.07, 6.45) is 6.13. The molecule has 4 fully saturated rings. The summed E-state index contributed by atoms with van der Waals surface area (Å²) in [7, 11) is 0. The van der Waals surface area contributed by atoms with Crippen molar-refractivity contribution in [3.63, 3.8) is 0 Å². The van der Waals surface area contributed by atoms with Crippen LogP contribution in [-0.4, -0.2) is 0 Å². The van der Waals surface area contributed by atoms with E-state index in [-0.39, 0.29) is 0 Å². The fraction of sp³-hybridized carbons (Fsp3) is 1.00. The van der Waals surface area contributed by atoms with Crippen molar-refractivity contribution in [2.45, 2.75) is 81.1 Å². The molecule has 0 heteroatoms. The van der Waals surface area contributed by atoms with Gasteiger partial charge in [0.15, 0.2) is 0 Å². The maximum absolute atomic E-state index is 2.66. The van der Waals surface area contributed by atoms with Gasteiger partial charge in [0.05, 0.1) is 0 Å². The second-order valence-corrected chi connectivity index (χ2v) is 12.1. The molecule has 0 radical (unpaired) electrons. The van der Waals surface area contributed by atoms with Crippen molar-refractivity contribution in [2.75, 3.05) is 0 Å². The van der Waals surface area contributed by atoms with E-state index in [4.69, 9.17) is 0 Å². The van der Waals surface area contributed by atoms with Crippen LogP contribution in [0.3, 0.4) is 0 Å². The second kappa shape index (κ2) is 6.81. The zero-order valence-corrected chi connectivity index (χ0v) is 18.9. The first-order chi connectivity index (χ1) is 12.2. The zero-order chi connectivity index (χ0) is 18.9. The molecule has 4 rings (SSSR count). The monoisotopic (exact) mass is 358 g/mol. The van der Waals surface area contributed by atoms with Gasteiger partial charge in [-0.15, -0.1) is 0 Å².